The first-order valence-electron chi connectivity index (χ1n) is 8.86. The van der Waals surface area contributed by atoms with Crippen molar-refractivity contribution in [1.82, 2.24) is 10.2 Å². The van der Waals surface area contributed by atoms with Crippen LogP contribution < -0.4 is 10.1 Å². The summed E-state index contributed by atoms with van der Waals surface area (Å²) in [6, 6.07) is 6.81. The SMILES string of the molecule is C=C(CCN1CC(C2CCC2)=CC1=O)NC(=O)COc1ccc(Cl)cc1. The third-order valence-electron chi connectivity index (χ3n) is 4.81. The molecule has 2 amide bonds. The van der Waals surface area contributed by atoms with Crippen molar-refractivity contribution in [2.45, 2.75) is 25.7 Å². The van der Waals surface area contributed by atoms with Crippen molar-refractivity contribution in [2.75, 3.05) is 19.7 Å². The summed E-state index contributed by atoms with van der Waals surface area (Å²) in [6.07, 6.45) is 5.97. The summed E-state index contributed by atoms with van der Waals surface area (Å²) >= 11 is 5.80. The number of halogens is 1. The lowest BCUT2D eigenvalue weighted by molar-refractivity contribution is -0.124. The second-order valence-electron chi connectivity index (χ2n) is 6.75. The number of amides is 2. The number of carbonyl (C=O) groups excluding carboxylic acids is 2. The summed E-state index contributed by atoms with van der Waals surface area (Å²) in [7, 11) is 0. The van der Waals surface area contributed by atoms with Crippen LogP contribution >= 0.6 is 11.6 Å². The summed E-state index contributed by atoms with van der Waals surface area (Å²) in [4.78, 5) is 25.8. The van der Waals surface area contributed by atoms with Gasteiger partial charge in [0.15, 0.2) is 6.61 Å². The van der Waals surface area contributed by atoms with E-state index >= 15 is 0 Å². The van der Waals surface area contributed by atoms with Crippen molar-refractivity contribution in [1.29, 1.82) is 0 Å². The van der Waals surface area contributed by atoms with Gasteiger partial charge in [-0.2, -0.15) is 0 Å². The lowest BCUT2D eigenvalue weighted by atomic mass is 9.80. The zero-order valence-electron chi connectivity index (χ0n) is 14.7. The highest BCUT2D eigenvalue weighted by molar-refractivity contribution is 6.30. The first-order valence-corrected chi connectivity index (χ1v) is 9.24. The highest BCUT2D eigenvalue weighted by atomic mass is 35.5. The molecule has 3 rings (SSSR count). The Morgan fingerprint density at radius 3 is 2.69 bits per heavy atom. The molecule has 6 heteroatoms. The average molecular weight is 375 g/mol. The molecule has 0 spiro atoms. The molecule has 1 aromatic carbocycles. The van der Waals surface area contributed by atoms with Crippen LogP contribution in [0.15, 0.2) is 48.2 Å². The molecule has 1 fully saturated rings. The van der Waals surface area contributed by atoms with Gasteiger partial charge in [-0.15, -0.1) is 0 Å². The van der Waals surface area contributed by atoms with Crippen LogP contribution in [-0.4, -0.2) is 36.4 Å². The Morgan fingerprint density at radius 2 is 2.04 bits per heavy atom. The normalized spacial score (nSPS) is 16.9. The summed E-state index contributed by atoms with van der Waals surface area (Å²) < 4.78 is 5.39. The van der Waals surface area contributed by atoms with Crippen LogP contribution in [0.4, 0.5) is 0 Å². The molecule has 1 N–H and O–H groups in total. The van der Waals surface area contributed by atoms with Crippen LogP contribution in [0.1, 0.15) is 25.7 Å². The fourth-order valence-corrected chi connectivity index (χ4v) is 3.18. The predicted octanol–water partition coefficient (Wildman–Crippen LogP) is 3.31. The standard InChI is InChI=1S/C20H23ClN2O3/c1-14(22-19(24)13-26-18-7-5-17(21)6-8-18)9-10-23-12-16(11-20(23)25)15-3-2-4-15/h5-8,11,15H,1-4,9-10,12-13H2,(H,22,24). The fraction of sp³-hybridized carbons (Fsp3) is 0.400. The van der Waals surface area contributed by atoms with Gasteiger partial charge in [0.25, 0.3) is 5.91 Å². The van der Waals surface area contributed by atoms with Crippen LogP contribution in [0, 0.1) is 5.92 Å². The minimum absolute atomic E-state index is 0.0668. The zero-order chi connectivity index (χ0) is 18.5. The number of hydrogen-bond acceptors (Lipinski definition) is 3. The molecule has 0 atom stereocenters. The van der Waals surface area contributed by atoms with E-state index in [2.05, 4.69) is 11.9 Å². The van der Waals surface area contributed by atoms with E-state index in [0.717, 1.165) is 0 Å². The molecule has 0 bridgehead atoms. The predicted molar refractivity (Wildman–Crippen MR) is 101 cm³/mol. The van der Waals surface area contributed by atoms with Gasteiger partial charge in [0.1, 0.15) is 5.75 Å². The summed E-state index contributed by atoms with van der Waals surface area (Å²) in [5, 5.41) is 3.33. The van der Waals surface area contributed by atoms with Gasteiger partial charge in [0, 0.05) is 36.3 Å². The van der Waals surface area contributed by atoms with E-state index in [1.807, 2.05) is 4.90 Å². The minimum atomic E-state index is -0.272. The number of benzene rings is 1. The fourth-order valence-electron chi connectivity index (χ4n) is 3.05. The van der Waals surface area contributed by atoms with Gasteiger partial charge in [0.05, 0.1) is 0 Å². The molecule has 138 valence electrons. The van der Waals surface area contributed by atoms with E-state index in [1.165, 1.54) is 24.8 Å². The van der Waals surface area contributed by atoms with Crippen LogP contribution in [0.25, 0.3) is 0 Å². The third-order valence-corrected chi connectivity index (χ3v) is 5.06. The molecule has 1 aliphatic heterocycles. The van der Waals surface area contributed by atoms with E-state index in [-0.39, 0.29) is 18.4 Å². The molecule has 1 saturated carbocycles. The molecule has 5 nitrogen and oxygen atoms in total. The Kier molecular flexibility index (Phi) is 5.99. The largest absolute Gasteiger partial charge is 0.484 e. The van der Waals surface area contributed by atoms with Gasteiger partial charge in [-0.1, -0.05) is 24.6 Å². The number of ether oxygens (including phenoxy) is 1. The molecule has 0 radical (unpaired) electrons. The Morgan fingerprint density at radius 1 is 1.31 bits per heavy atom. The highest BCUT2D eigenvalue weighted by Gasteiger charge is 2.29. The summed E-state index contributed by atoms with van der Waals surface area (Å²) in [5.74, 6) is 0.965. The Balaban J connectivity index is 1.35. The minimum Gasteiger partial charge on any atom is -0.484 e. The maximum absolute atomic E-state index is 12.1. The first kappa shape index (κ1) is 18.5. The number of hydrogen-bond donors (Lipinski definition) is 1. The zero-order valence-corrected chi connectivity index (χ0v) is 15.4. The number of nitrogens with zero attached hydrogens (tertiary/aromatic N) is 1. The van der Waals surface area contributed by atoms with E-state index in [4.69, 9.17) is 16.3 Å². The van der Waals surface area contributed by atoms with Crippen LogP contribution in [0.5, 0.6) is 5.75 Å². The molecular formula is C20H23ClN2O3. The van der Waals surface area contributed by atoms with Crippen LogP contribution in [0.3, 0.4) is 0 Å². The monoisotopic (exact) mass is 374 g/mol. The van der Waals surface area contributed by atoms with Crippen LogP contribution in [-0.2, 0) is 9.59 Å². The number of nitrogens with one attached hydrogen (secondary N) is 1. The topological polar surface area (TPSA) is 58.6 Å². The quantitative estimate of drug-likeness (QED) is 0.759. The van der Waals surface area contributed by atoms with Crippen molar-refractivity contribution < 1.29 is 14.3 Å². The Bertz CT molecular complexity index is 723. The smallest absolute Gasteiger partial charge is 0.262 e. The van der Waals surface area contributed by atoms with Gasteiger partial charge in [-0.3, -0.25) is 9.59 Å². The van der Waals surface area contributed by atoms with Crippen molar-refractivity contribution in [3.8, 4) is 5.75 Å². The lowest BCUT2D eigenvalue weighted by Crippen LogP contribution is -2.32. The molecule has 2 aliphatic rings. The molecule has 1 aromatic rings. The van der Waals surface area contributed by atoms with Gasteiger partial charge in [0.2, 0.25) is 5.91 Å². The molecule has 0 aromatic heterocycles. The maximum Gasteiger partial charge on any atom is 0.262 e. The third kappa shape index (κ3) is 4.88. The first-order chi connectivity index (χ1) is 12.5. The van der Waals surface area contributed by atoms with Gasteiger partial charge < -0.3 is 15.0 Å². The molecule has 26 heavy (non-hydrogen) atoms. The highest BCUT2D eigenvalue weighted by Crippen LogP contribution is 2.35. The van der Waals surface area contributed by atoms with E-state index in [1.54, 1.807) is 30.3 Å². The second-order valence-corrected chi connectivity index (χ2v) is 7.19. The van der Waals surface area contributed by atoms with Crippen molar-refractivity contribution >= 4 is 23.4 Å². The van der Waals surface area contributed by atoms with Crippen molar-refractivity contribution in [2.24, 2.45) is 5.92 Å². The molecule has 0 saturated heterocycles. The van der Waals surface area contributed by atoms with Gasteiger partial charge in [-0.25, -0.2) is 0 Å². The molecule has 1 heterocycles. The Labute approximate surface area is 158 Å². The lowest BCUT2D eigenvalue weighted by Gasteiger charge is -2.27. The number of rotatable bonds is 8. The van der Waals surface area contributed by atoms with Gasteiger partial charge in [-0.05, 0) is 48.6 Å². The van der Waals surface area contributed by atoms with E-state index in [0.29, 0.717) is 41.9 Å². The van der Waals surface area contributed by atoms with Crippen LogP contribution in [0.2, 0.25) is 5.02 Å². The summed E-state index contributed by atoms with van der Waals surface area (Å²) in [5.41, 5.74) is 1.84. The maximum atomic E-state index is 12.1. The van der Waals surface area contributed by atoms with E-state index < -0.39 is 0 Å². The average Bonchev–Trinajstić information content (AvgIpc) is 2.91. The molecule has 1 aliphatic carbocycles. The van der Waals surface area contributed by atoms with Crippen molar-refractivity contribution in [3.63, 3.8) is 0 Å². The second kappa shape index (κ2) is 8.41. The number of carbonyl (C=O) groups is 2. The molecule has 0 unspecified atom stereocenters. The Hall–Kier alpha value is -2.27. The molecular weight excluding hydrogens is 352 g/mol. The van der Waals surface area contributed by atoms with E-state index in [9.17, 15) is 9.59 Å². The van der Waals surface area contributed by atoms with Crippen molar-refractivity contribution in [3.05, 3.63) is 53.2 Å². The van der Waals surface area contributed by atoms with Gasteiger partial charge >= 0.3 is 0 Å². The summed E-state index contributed by atoms with van der Waals surface area (Å²) in [6.45, 7) is 5.04.